The van der Waals surface area contributed by atoms with Gasteiger partial charge in [0.05, 0.1) is 5.52 Å². The molecule has 0 amide bonds. The standard InChI is InChI=1S/C28H31ClN6O/c1-3-11-34-12-14-35(15-13-34)28-31-25-9-7-21(22-8-10-26(36)33(2)19-22)17-24(25)27(32-28)30-18-20-5-4-6-23(29)16-20/h4-10,16-17,19H,3,11-15,18H2,1-2H3,(H,30,31,32). The zero-order valence-electron chi connectivity index (χ0n) is 20.7. The third-order valence-corrected chi connectivity index (χ3v) is 6.88. The van der Waals surface area contributed by atoms with Crippen LogP contribution in [0.15, 0.2) is 65.6 Å². The molecule has 4 aromatic rings. The summed E-state index contributed by atoms with van der Waals surface area (Å²) in [7, 11) is 1.76. The van der Waals surface area contributed by atoms with Gasteiger partial charge in [-0.1, -0.05) is 36.7 Å². The van der Waals surface area contributed by atoms with Crippen LogP contribution in [0.2, 0.25) is 5.02 Å². The van der Waals surface area contributed by atoms with Gasteiger partial charge in [0.25, 0.3) is 0 Å². The average Bonchev–Trinajstić information content (AvgIpc) is 2.89. The number of fused-ring (bicyclic) bond motifs is 1. The molecule has 2 aromatic carbocycles. The van der Waals surface area contributed by atoms with Crippen molar-refractivity contribution in [2.45, 2.75) is 19.9 Å². The monoisotopic (exact) mass is 502 g/mol. The van der Waals surface area contributed by atoms with E-state index >= 15 is 0 Å². The van der Waals surface area contributed by atoms with Crippen molar-refractivity contribution in [3.05, 3.63) is 81.7 Å². The minimum atomic E-state index is -0.0320. The molecule has 0 bridgehead atoms. The first kappa shape index (κ1) is 24.3. The summed E-state index contributed by atoms with van der Waals surface area (Å²) in [6, 6.07) is 17.5. The Labute approximate surface area is 216 Å². The van der Waals surface area contributed by atoms with Crippen LogP contribution in [-0.4, -0.2) is 52.2 Å². The number of pyridine rings is 1. The molecule has 186 valence electrons. The Balaban J connectivity index is 1.51. The molecular weight excluding hydrogens is 472 g/mol. The predicted molar refractivity (Wildman–Crippen MR) is 148 cm³/mol. The van der Waals surface area contributed by atoms with E-state index in [1.54, 1.807) is 17.7 Å². The molecule has 3 heterocycles. The van der Waals surface area contributed by atoms with Gasteiger partial charge < -0.3 is 14.8 Å². The van der Waals surface area contributed by atoms with Crippen LogP contribution in [0.3, 0.4) is 0 Å². The molecule has 1 aliphatic rings. The number of halogens is 1. The SMILES string of the molecule is CCCN1CCN(c2nc(NCc3cccc(Cl)c3)c3cc(-c4ccc(=O)n(C)c4)ccc3n2)CC1. The average molecular weight is 503 g/mol. The van der Waals surface area contributed by atoms with Crippen molar-refractivity contribution < 1.29 is 0 Å². The summed E-state index contributed by atoms with van der Waals surface area (Å²) >= 11 is 6.21. The second-order valence-electron chi connectivity index (χ2n) is 9.28. The smallest absolute Gasteiger partial charge is 0.250 e. The lowest BCUT2D eigenvalue weighted by molar-refractivity contribution is 0.257. The van der Waals surface area contributed by atoms with Gasteiger partial charge in [-0.05, 0) is 60.0 Å². The summed E-state index contributed by atoms with van der Waals surface area (Å²) in [4.78, 5) is 26.6. The lowest BCUT2D eigenvalue weighted by Gasteiger charge is -2.34. The molecule has 0 saturated carbocycles. The highest BCUT2D eigenvalue weighted by Crippen LogP contribution is 2.29. The Morgan fingerprint density at radius 3 is 2.53 bits per heavy atom. The van der Waals surface area contributed by atoms with Gasteiger partial charge in [0.1, 0.15) is 5.82 Å². The molecular formula is C28H31ClN6O. The van der Waals surface area contributed by atoms with Crippen LogP contribution in [-0.2, 0) is 13.6 Å². The Hall–Kier alpha value is -3.42. The summed E-state index contributed by atoms with van der Waals surface area (Å²) in [5.41, 5.74) is 3.91. The minimum Gasteiger partial charge on any atom is -0.365 e. The molecule has 8 heteroatoms. The van der Waals surface area contributed by atoms with E-state index in [2.05, 4.69) is 34.2 Å². The molecule has 5 rings (SSSR count). The topological polar surface area (TPSA) is 66.3 Å². The first-order valence-corrected chi connectivity index (χ1v) is 12.8. The third-order valence-electron chi connectivity index (χ3n) is 6.65. The van der Waals surface area contributed by atoms with Crippen LogP contribution in [0.4, 0.5) is 11.8 Å². The molecule has 0 aliphatic carbocycles. The largest absolute Gasteiger partial charge is 0.365 e. The number of benzene rings is 2. The van der Waals surface area contributed by atoms with Crippen molar-refractivity contribution in [2.75, 3.05) is 42.9 Å². The highest BCUT2D eigenvalue weighted by atomic mass is 35.5. The summed E-state index contributed by atoms with van der Waals surface area (Å²) < 4.78 is 1.59. The third kappa shape index (κ3) is 5.37. The number of rotatable bonds is 7. The summed E-state index contributed by atoms with van der Waals surface area (Å²) in [5, 5.41) is 5.19. The molecule has 0 spiro atoms. The lowest BCUT2D eigenvalue weighted by Crippen LogP contribution is -2.47. The maximum Gasteiger partial charge on any atom is 0.250 e. The molecule has 1 fully saturated rings. The van der Waals surface area contributed by atoms with Gasteiger partial charge in [-0.25, -0.2) is 4.98 Å². The van der Waals surface area contributed by atoms with E-state index in [0.29, 0.717) is 11.6 Å². The van der Waals surface area contributed by atoms with Gasteiger partial charge in [-0.2, -0.15) is 4.98 Å². The molecule has 1 N–H and O–H groups in total. The Morgan fingerprint density at radius 2 is 1.78 bits per heavy atom. The summed E-state index contributed by atoms with van der Waals surface area (Å²) in [6.45, 7) is 7.82. The number of anilines is 2. The highest BCUT2D eigenvalue weighted by Gasteiger charge is 2.20. The number of aryl methyl sites for hydroxylation is 1. The fourth-order valence-corrected chi connectivity index (χ4v) is 4.87. The van der Waals surface area contributed by atoms with Crippen molar-refractivity contribution in [2.24, 2.45) is 7.05 Å². The van der Waals surface area contributed by atoms with Crippen LogP contribution in [0, 0.1) is 0 Å². The number of nitrogens with one attached hydrogen (secondary N) is 1. The van der Waals surface area contributed by atoms with E-state index in [1.807, 2.05) is 42.6 Å². The normalized spacial score (nSPS) is 14.4. The fourth-order valence-electron chi connectivity index (χ4n) is 4.66. The molecule has 1 aliphatic heterocycles. The summed E-state index contributed by atoms with van der Waals surface area (Å²) in [5.74, 6) is 1.54. The number of aromatic nitrogens is 3. The molecule has 1 saturated heterocycles. The maximum atomic E-state index is 11.9. The van der Waals surface area contributed by atoms with Gasteiger partial charge in [-0.15, -0.1) is 0 Å². The Morgan fingerprint density at radius 1 is 0.972 bits per heavy atom. The van der Waals surface area contributed by atoms with Gasteiger partial charge in [0.15, 0.2) is 0 Å². The fraction of sp³-hybridized carbons (Fsp3) is 0.321. The van der Waals surface area contributed by atoms with Gasteiger partial charge in [0, 0.05) is 62.4 Å². The first-order chi connectivity index (χ1) is 17.5. The second-order valence-corrected chi connectivity index (χ2v) is 9.72. The molecule has 7 nitrogen and oxygen atoms in total. The molecule has 0 unspecified atom stereocenters. The van der Waals surface area contributed by atoms with Crippen molar-refractivity contribution in [1.29, 1.82) is 0 Å². The molecule has 0 atom stereocenters. The maximum absolute atomic E-state index is 11.9. The zero-order valence-corrected chi connectivity index (χ0v) is 21.5. The van der Waals surface area contributed by atoms with E-state index in [-0.39, 0.29) is 5.56 Å². The molecule has 2 aromatic heterocycles. The van der Waals surface area contributed by atoms with Gasteiger partial charge in [-0.3, -0.25) is 9.69 Å². The number of hydrogen-bond acceptors (Lipinski definition) is 6. The molecule has 0 radical (unpaired) electrons. The van der Waals surface area contributed by atoms with Gasteiger partial charge in [0.2, 0.25) is 11.5 Å². The van der Waals surface area contributed by atoms with E-state index in [9.17, 15) is 4.79 Å². The quantitative estimate of drug-likeness (QED) is 0.392. The number of nitrogens with zero attached hydrogens (tertiary/aromatic N) is 5. The highest BCUT2D eigenvalue weighted by molar-refractivity contribution is 6.30. The van der Waals surface area contributed by atoms with E-state index in [0.717, 1.165) is 72.1 Å². The van der Waals surface area contributed by atoms with Crippen molar-refractivity contribution in [3.63, 3.8) is 0 Å². The van der Waals surface area contributed by atoms with Crippen molar-refractivity contribution in [1.82, 2.24) is 19.4 Å². The van der Waals surface area contributed by atoms with Crippen LogP contribution in [0.5, 0.6) is 0 Å². The van der Waals surface area contributed by atoms with Crippen LogP contribution in [0.1, 0.15) is 18.9 Å². The van der Waals surface area contributed by atoms with Crippen LogP contribution >= 0.6 is 11.6 Å². The van der Waals surface area contributed by atoms with E-state index in [1.165, 1.54) is 6.42 Å². The van der Waals surface area contributed by atoms with Crippen LogP contribution < -0.4 is 15.8 Å². The second kappa shape index (κ2) is 10.7. The molecule has 36 heavy (non-hydrogen) atoms. The Kier molecular flexibility index (Phi) is 7.20. The van der Waals surface area contributed by atoms with E-state index in [4.69, 9.17) is 21.6 Å². The summed E-state index contributed by atoms with van der Waals surface area (Å²) in [6.07, 6.45) is 3.02. The number of piperazine rings is 1. The zero-order chi connectivity index (χ0) is 25.1. The Bertz CT molecular complexity index is 1430. The predicted octanol–water partition coefficient (Wildman–Crippen LogP) is 4.79. The first-order valence-electron chi connectivity index (χ1n) is 12.4. The van der Waals surface area contributed by atoms with Gasteiger partial charge >= 0.3 is 0 Å². The van der Waals surface area contributed by atoms with Crippen molar-refractivity contribution >= 4 is 34.3 Å². The van der Waals surface area contributed by atoms with E-state index < -0.39 is 0 Å². The van der Waals surface area contributed by atoms with Crippen LogP contribution in [0.25, 0.3) is 22.0 Å². The minimum absolute atomic E-state index is 0.0320. The number of hydrogen-bond donors (Lipinski definition) is 1. The lowest BCUT2D eigenvalue weighted by atomic mass is 10.0. The van der Waals surface area contributed by atoms with Crippen molar-refractivity contribution in [3.8, 4) is 11.1 Å².